The molecule has 15 heavy (non-hydrogen) atoms. The van der Waals surface area contributed by atoms with E-state index in [1.54, 1.807) is 13.8 Å². The van der Waals surface area contributed by atoms with Crippen LogP contribution in [0.2, 0.25) is 0 Å². The molecule has 5 heteroatoms. The van der Waals surface area contributed by atoms with Crippen LogP contribution >= 0.6 is 0 Å². The van der Waals surface area contributed by atoms with Crippen molar-refractivity contribution < 1.29 is 19.8 Å². The van der Waals surface area contributed by atoms with E-state index in [0.717, 1.165) is 6.42 Å². The largest absolute Gasteiger partial charge is 2.00 e. The molecule has 0 aliphatic rings. The average Bonchev–Trinajstić information content (AvgIpc) is 2.03. The normalized spacial score (nSPS) is 10.9. The molecule has 0 radical (unpaired) electrons. The van der Waals surface area contributed by atoms with Crippen molar-refractivity contribution in [3.63, 3.8) is 0 Å². The van der Waals surface area contributed by atoms with E-state index < -0.39 is 23.3 Å². The van der Waals surface area contributed by atoms with Gasteiger partial charge in [0.2, 0.25) is 0 Å². The Labute approximate surface area is 131 Å². The van der Waals surface area contributed by atoms with E-state index in [-0.39, 0.29) is 55.3 Å². The molecule has 0 aromatic rings. The van der Waals surface area contributed by atoms with Crippen LogP contribution in [0.25, 0.3) is 0 Å². The predicted octanol–water partition coefficient (Wildman–Crippen LogP) is -1.06. The third kappa shape index (κ3) is 4.11. The van der Waals surface area contributed by atoms with Gasteiger partial charge in [0.15, 0.2) is 0 Å². The maximum absolute atomic E-state index is 10.9. The second-order valence-electron chi connectivity index (χ2n) is 3.80. The molecule has 0 heterocycles. The fourth-order valence-corrected chi connectivity index (χ4v) is 1.50. The minimum absolute atomic E-state index is 0. The van der Waals surface area contributed by atoms with E-state index in [4.69, 9.17) is 0 Å². The van der Waals surface area contributed by atoms with Gasteiger partial charge >= 0.3 is 48.9 Å². The van der Waals surface area contributed by atoms with Gasteiger partial charge in [-0.05, 0) is 12.3 Å². The Kier molecular flexibility index (Phi) is 9.22. The number of rotatable bonds is 6. The van der Waals surface area contributed by atoms with Crippen LogP contribution in [0.15, 0.2) is 0 Å². The van der Waals surface area contributed by atoms with E-state index in [1.807, 2.05) is 6.92 Å². The summed E-state index contributed by atoms with van der Waals surface area (Å²) in [5.74, 6) is -3.61. The number of carbonyl (C=O) groups is 2. The van der Waals surface area contributed by atoms with Crippen LogP contribution in [-0.2, 0) is 9.59 Å². The van der Waals surface area contributed by atoms with Gasteiger partial charge in [-0.3, -0.25) is 0 Å². The van der Waals surface area contributed by atoms with Crippen LogP contribution in [0.1, 0.15) is 40.0 Å². The second-order valence-corrected chi connectivity index (χ2v) is 3.80. The minimum Gasteiger partial charge on any atom is -0.549 e. The molecule has 0 aromatic carbocycles. The van der Waals surface area contributed by atoms with Crippen molar-refractivity contribution in [3.05, 3.63) is 0 Å². The maximum Gasteiger partial charge on any atom is 2.00 e. The Morgan fingerprint density at radius 3 is 1.80 bits per heavy atom. The minimum atomic E-state index is -1.84. The Hall–Kier alpha value is 0.511. The van der Waals surface area contributed by atoms with Crippen molar-refractivity contribution in [2.75, 3.05) is 0 Å². The zero-order chi connectivity index (χ0) is 11.4. The van der Waals surface area contributed by atoms with E-state index in [2.05, 4.69) is 0 Å². The number of aliphatic carboxylic acids is 2. The number of unbranched alkanes of at least 4 members (excludes halogenated alkanes) is 1. The SMILES string of the molecule is CCCCC(C(=O)[O-])(C(=O)[O-])C(C)C.[Ba+2]. The van der Waals surface area contributed by atoms with Crippen molar-refractivity contribution in [2.24, 2.45) is 11.3 Å². The standard InChI is InChI=1S/C10H18O4.Ba/c1-4-5-6-10(7(2)3,8(11)12)9(13)14;/h7H,4-6H2,1-3H3,(H,11,12)(H,13,14);/q;+2/p-2. The summed E-state index contributed by atoms with van der Waals surface area (Å²) >= 11 is 0. The molecule has 82 valence electrons. The first-order valence-corrected chi connectivity index (χ1v) is 4.82. The summed E-state index contributed by atoms with van der Waals surface area (Å²) in [4.78, 5) is 21.8. The van der Waals surface area contributed by atoms with Gasteiger partial charge < -0.3 is 19.8 Å². The van der Waals surface area contributed by atoms with Gasteiger partial charge in [-0.15, -0.1) is 0 Å². The zero-order valence-corrected chi connectivity index (χ0v) is 14.0. The number of carbonyl (C=O) groups excluding carboxylic acids is 2. The second kappa shape index (κ2) is 7.73. The molecule has 0 atom stereocenters. The molecule has 0 aliphatic heterocycles. The average molecular weight is 338 g/mol. The molecule has 0 bridgehead atoms. The van der Waals surface area contributed by atoms with Crippen molar-refractivity contribution >= 4 is 60.8 Å². The number of hydrogen-bond acceptors (Lipinski definition) is 4. The van der Waals surface area contributed by atoms with Crippen molar-refractivity contribution in [1.82, 2.24) is 0 Å². The van der Waals surface area contributed by atoms with Gasteiger partial charge in [-0.2, -0.15) is 0 Å². The number of carboxylic acids is 2. The fourth-order valence-electron chi connectivity index (χ4n) is 1.50. The molecule has 4 nitrogen and oxygen atoms in total. The van der Waals surface area contributed by atoms with E-state index in [9.17, 15) is 19.8 Å². The van der Waals surface area contributed by atoms with Gasteiger partial charge in [0.25, 0.3) is 0 Å². The summed E-state index contributed by atoms with van der Waals surface area (Å²) in [6.07, 6.45) is 1.36. The monoisotopic (exact) mass is 338 g/mol. The molecule has 0 N–H and O–H groups in total. The molecule has 0 rings (SSSR count). The van der Waals surface area contributed by atoms with E-state index in [1.165, 1.54) is 0 Å². The Bertz CT molecular complexity index is 211. The number of hydrogen-bond donors (Lipinski definition) is 0. The van der Waals surface area contributed by atoms with Crippen LogP contribution in [-0.4, -0.2) is 60.8 Å². The molecular weight excluding hydrogens is 321 g/mol. The Balaban J connectivity index is 0. The first-order chi connectivity index (χ1) is 6.39. The van der Waals surface area contributed by atoms with E-state index in [0.29, 0.717) is 6.42 Å². The molecule has 0 aliphatic carbocycles. The molecule has 0 saturated carbocycles. The molecule has 0 saturated heterocycles. The van der Waals surface area contributed by atoms with Gasteiger partial charge in [0.1, 0.15) is 0 Å². The van der Waals surface area contributed by atoms with Crippen LogP contribution in [0.4, 0.5) is 0 Å². The molecule has 0 amide bonds. The van der Waals surface area contributed by atoms with Gasteiger partial charge in [-0.25, -0.2) is 0 Å². The quantitative estimate of drug-likeness (QED) is 0.457. The maximum atomic E-state index is 10.9. The molecule has 0 spiro atoms. The van der Waals surface area contributed by atoms with E-state index >= 15 is 0 Å². The molecular formula is C10H16BaO4. The Morgan fingerprint density at radius 1 is 1.20 bits per heavy atom. The van der Waals surface area contributed by atoms with Crippen LogP contribution < -0.4 is 10.2 Å². The van der Waals surface area contributed by atoms with Crippen molar-refractivity contribution in [1.29, 1.82) is 0 Å². The summed E-state index contributed by atoms with van der Waals surface area (Å²) in [6, 6.07) is 0. The topological polar surface area (TPSA) is 80.3 Å². The fraction of sp³-hybridized carbons (Fsp3) is 0.800. The first kappa shape index (κ1) is 17.9. The molecule has 0 unspecified atom stereocenters. The van der Waals surface area contributed by atoms with Gasteiger partial charge in [-0.1, -0.05) is 33.6 Å². The van der Waals surface area contributed by atoms with Crippen LogP contribution in [0.5, 0.6) is 0 Å². The van der Waals surface area contributed by atoms with Gasteiger partial charge in [0.05, 0.1) is 17.4 Å². The summed E-state index contributed by atoms with van der Waals surface area (Å²) in [7, 11) is 0. The van der Waals surface area contributed by atoms with Crippen molar-refractivity contribution in [3.8, 4) is 0 Å². The predicted molar refractivity (Wildman–Crippen MR) is 52.6 cm³/mol. The smallest absolute Gasteiger partial charge is 0.549 e. The third-order valence-electron chi connectivity index (χ3n) is 2.64. The third-order valence-corrected chi connectivity index (χ3v) is 2.64. The van der Waals surface area contributed by atoms with Crippen LogP contribution in [0.3, 0.4) is 0 Å². The molecule has 0 aromatic heterocycles. The first-order valence-electron chi connectivity index (χ1n) is 4.82. The summed E-state index contributed by atoms with van der Waals surface area (Å²) in [6.45, 7) is 4.98. The van der Waals surface area contributed by atoms with Crippen molar-refractivity contribution in [2.45, 2.75) is 40.0 Å². The zero-order valence-electron chi connectivity index (χ0n) is 9.54. The van der Waals surface area contributed by atoms with Crippen LogP contribution in [0, 0.1) is 11.3 Å². The summed E-state index contributed by atoms with van der Waals surface area (Å²) in [5.41, 5.74) is -1.84. The molecule has 0 fully saturated rings. The summed E-state index contributed by atoms with van der Waals surface area (Å²) in [5, 5.41) is 21.8. The number of carboxylic acid groups (broad SMARTS) is 2. The van der Waals surface area contributed by atoms with Gasteiger partial charge in [0, 0.05) is 0 Å². The Morgan fingerprint density at radius 2 is 1.60 bits per heavy atom. The summed E-state index contributed by atoms with van der Waals surface area (Å²) < 4.78 is 0.